The van der Waals surface area contributed by atoms with Crippen LogP contribution in [0, 0.1) is 0 Å². The normalized spacial score (nSPS) is 18.6. The highest BCUT2D eigenvalue weighted by Crippen LogP contribution is 2.19. The van der Waals surface area contributed by atoms with E-state index in [1.54, 1.807) is 18.2 Å². The highest BCUT2D eigenvalue weighted by atomic mass is 16.2. The summed E-state index contributed by atoms with van der Waals surface area (Å²) in [5.41, 5.74) is 0.296. The van der Waals surface area contributed by atoms with Gasteiger partial charge in [-0.3, -0.25) is 9.59 Å². The maximum atomic E-state index is 12.5. The van der Waals surface area contributed by atoms with E-state index in [1.807, 2.05) is 11.0 Å². The van der Waals surface area contributed by atoms with Gasteiger partial charge in [0, 0.05) is 12.6 Å². The average Bonchev–Trinajstić information content (AvgIpc) is 2.57. The number of hydrogen-bond donors (Lipinski definition) is 0. The molecule has 0 unspecified atom stereocenters. The Bertz CT molecular complexity index is 740. The molecule has 1 aliphatic heterocycles. The lowest BCUT2D eigenvalue weighted by Crippen LogP contribution is -2.46. The Morgan fingerprint density at radius 3 is 2.95 bits per heavy atom. The summed E-state index contributed by atoms with van der Waals surface area (Å²) in [6, 6.07) is 7.34. The lowest BCUT2D eigenvalue weighted by molar-refractivity contribution is -0.135. The van der Waals surface area contributed by atoms with Crippen molar-refractivity contribution in [1.82, 2.24) is 19.9 Å². The Morgan fingerprint density at radius 2 is 2.14 bits per heavy atom. The lowest BCUT2D eigenvalue weighted by atomic mass is 10.00. The summed E-state index contributed by atoms with van der Waals surface area (Å²) in [6.45, 7) is 2.83. The first-order valence-electron chi connectivity index (χ1n) is 7.82. The molecule has 1 atom stereocenters. The molecule has 0 bridgehead atoms. The summed E-state index contributed by atoms with van der Waals surface area (Å²) in [5.74, 6) is -0.0433. The highest BCUT2D eigenvalue weighted by molar-refractivity contribution is 5.78. The summed E-state index contributed by atoms with van der Waals surface area (Å²) in [4.78, 5) is 26.8. The number of fused-ring (bicyclic) bond motifs is 1. The van der Waals surface area contributed by atoms with Crippen molar-refractivity contribution in [3.05, 3.63) is 34.6 Å². The number of aromatic nitrogens is 3. The molecule has 1 aromatic heterocycles. The molecule has 6 nitrogen and oxygen atoms in total. The molecule has 3 rings (SSSR count). The van der Waals surface area contributed by atoms with E-state index < -0.39 is 0 Å². The van der Waals surface area contributed by atoms with Crippen LogP contribution < -0.4 is 5.56 Å². The molecule has 2 aromatic rings. The maximum Gasteiger partial charge on any atom is 0.278 e. The molecular weight excluding hydrogens is 280 g/mol. The zero-order chi connectivity index (χ0) is 15.5. The second kappa shape index (κ2) is 6.25. The molecular formula is C16H20N4O2. The van der Waals surface area contributed by atoms with Crippen molar-refractivity contribution in [2.45, 2.75) is 45.2 Å². The van der Waals surface area contributed by atoms with E-state index in [0.717, 1.165) is 32.2 Å². The number of benzene rings is 1. The molecule has 0 N–H and O–H groups in total. The van der Waals surface area contributed by atoms with E-state index in [1.165, 1.54) is 4.68 Å². The third-order valence-corrected chi connectivity index (χ3v) is 4.33. The van der Waals surface area contributed by atoms with Crippen LogP contribution in [-0.4, -0.2) is 38.4 Å². The Kier molecular flexibility index (Phi) is 4.18. The van der Waals surface area contributed by atoms with Gasteiger partial charge < -0.3 is 4.90 Å². The number of likely N-dealkylation sites (tertiary alicyclic amines) is 1. The lowest BCUT2D eigenvalue weighted by Gasteiger charge is -2.35. The molecule has 0 aliphatic carbocycles. The maximum absolute atomic E-state index is 12.5. The number of hydrogen-bond acceptors (Lipinski definition) is 4. The third-order valence-electron chi connectivity index (χ3n) is 4.33. The molecule has 0 saturated carbocycles. The van der Waals surface area contributed by atoms with E-state index in [9.17, 15) is 9.59 Å². The van der Waals surface area contributed by atoms with Gasteiger partial charge in [0.15, 0.2) is 0 Å². The van der Waals surface area contributed by atoms with Gasteiger partial charge in [0.05, 0.1) is 5.39 Å². The van der Waals surface area contributed by atoms with Crippen molar-refractivity contribution in [2.24, 2.45) is 0 Å². The van der Waals surface area contributed by atoms with Gasteiger partial charge in [-0.25, -0.2) is 4.68 Å². The fourth-order valence-corrected chi connectivity index (χ4v) is 3.10. The van der Waals surface area contributed by atoms with Gasteiger partial charge in [-0.05, 0) is 37.8 Å². The van der Waals surface area contributed by atoms with Crippen molar-refractivity contribution in [3.63, 3.8) is 0 Å². The first-order chi connectivity index (χ1) is 10.7. The van der Waals surface area contributed by atoms with E-state index in [4.69, 9.17) is 0 Å². The van der Waals surface area contributed by atoms with Gasteiger partial charge in [-0.15, -0.1) is 5.10 Å². The number of carbonyl (C=O) groups excluding carboxylic acids is 1. The van der Waals surface area contributed by atoms with Gasteiger partial charge in [0.1, 0.15) is 12.1 Å². The molecule has 1 amide bonds. The van der Waals surface area contributed by atoms with Crippen LogP contribution >= 0.6 is 0 Å². The second-order valence-electron chi connectivity index (χ2n) is 5.71. The van der Waals surface area contributed by atoms with Gasteiger partial charge in [0.2, 0.25) is 5.91 Å². The van der Waals surface area contributed by atoms with Crippen LogP contribution in [0.2, 0.25) is 0 Å². The summed E-state index contributed by atoms with van der Waals surface area (Å²) in [5, 5.41) is 8.42. The summed E-state index contributed by atoms with van der Waals surface area (Å²) < 4.78 is 1.17. The quantitative estimate of drug-likeness (QED) is 0.863. The predicted molar refractivity (Wildman–Crippen MR) is 83.4 cm³/mol. The third kappa shape index (κ3) is 2.73. The topological polar surface area (TPSA) is 68.1 Å². The Balaban J connectivity index is 1.85. The van der Waals surface area contributed by atoms with Crippen molar-refractivity contribution in [3.8, 4) is 0 Å². The molecule has 1 fully saturated rings. The van der Waals surface area contributed by atoms with Crippen molar-refractivity contribution in [1.29, 1.82) is 0 Å². The summed E-state index contributed by atoms with van der Waals surface area (Å²) in [7, 11) is 0. The number of amides is 1. The van der Waals surface area contributed by atoms with Crippen LogP contribution in [0.5, 0.6) is 0 Å². The Labute approximate surface area is 128 Å². The van der Waals surface area contributed by atoms with Gasteiger partial charge in [-0.2, -0.15) is 0 Å². The molecule has 2 heterocycles. The molecule has 116 valence electrons. The van der Waals surface area contributed by atoms with Gasteiger partial charge >= 0.3 is 0 Å². The van der Waals surface area contributed by atoms with Crippen LogP contribution in [0.3, 0.4) is 0 Å². The largest absolute Gasteiger partial charge is 0.338 e. The Hall–Kier alpha value is -2.24. The molecule has 0 spiro atoms. The Morgan fingerprint density at radius 1 is 1.32 bits per heavy atom. The van der Waals surface area contributed by atoms with E-state index in [2.05, 4.69) is 17.2 Å². The molecule has 0 radical (unpaired) electrons. The number of rotatable bonds is 3. The zero-order valence-corrected chi connectivity index (χ0v) is 12.7. The molecule has 22 heavy (non-hydrogen) atoms. The van der Waals surface area contributed by atoms with Crippen LogP contribution in [-0.2, 0) is 11.3 Å². The molecule has 1 aliphatic rings. The first kappa shape index (κ1) is 14.7. The van der Waals surface area contributed by atoms with Crippen molar-refractivity contribution in [2.75, 3.05) is 6.54 Å². The molecule has 1 saturated heterocycles. The minimum atomic E-state index is -0.260. The fraction of sp³-hybridized carbons (Fsp3) is 0.500. The monoisotopic (exact) mass is 300 g/mol. The first-order valence-corrected chi connectivity index (χ1v) is 7.82. The predicted octanol–water partition coefficient (Wildman–Crippen LogP) is 1.58. The van der Waals surface area contributed by atoms with Gasteiger partial charge in [-0.1, -0.05) is 24.3 Å². The standard InChI is InChI=1S/C16H20N4O2/c1-2-12-7-5-6-10-19(12)15(21)11-20-16(22)13-8-3-4-9-14(13)17-18-20/h3-4,8-9,12H,2,5-7,10-11H2,1H3/t12-/m0/s1. The smallest absolute Gasteiger partial charge is 0.278 e. The average molecular weight is 300 g/mol. The van der Waals surface area contributed by atoms with Crippen LogP contribution in [0.1, 0.15) is 32.6 Å². The van der Waals surface area contributed by atoms with E-state index >= 15 is 0 Å². The van der Waals surface area contributed by atoms with Crippen LogP contribution in [0.15, 0.2) is 29.1 Å². The molecule has 6 heteroatoms. The minimum absolute atomic E-state index is 0.0346. The number of carbonyl (C=O) groups is 1. The van der Waals surface area contributed by atoms with E-state index in [0.29, 0.717) is 10.9 Å². The fourth-order valence-electron chi connectivity index (χ4n) is 3.10. The summed E-state index contributed by atoms with van der Waals surface area (Å²) in [6.07, 6.45) is 4.18. The number of piperidine rings is 1. The summed E-state index contributed by atoms with van der Waals surface area (Å²) >= 11 is 0. The van der Waals surface area contributed by atoms with Crippen molar-refractivity contribution >= 4 is 16.8 Å². The highest BCUT2D eigenvalue weighted by Gasteiger charge is 2.25. The minimum Gasteiger partial charge on any atom is -0.338 e. The molecule has 1 aromatic carbocycles. The van der Waals surface area contributed by atoms with E-state index in [-0.39, 0.29) is 24.1 Å². The second-order valence-corrected chi connectivity index (χ2v) is 5.71. The zero-order valence-electron chi connectivity index (χ0n) is 12.7. The number of nitrogens with zero attached hydrogens (tertiary/aromatic N) is 4. The van der Waals surface area contributed by atoms with Crippen LogP contribution in [0.4, 0.5) is 0 Å². The SMILES string of the molecule is CC[C@H]1CCCCN1C(=O)Cn1nnc2ccccc2c1=O. The van der Waals surface area contributed by atoms with Gasteiger partial charge in [0.25, 0.3) is 5.56 Å². The van der Waals surface area contributed by atoms with Crippen LogP contribution in [0.25, 0.3) is 10.9 Å². The van der Waals surface area contributed by atoms with Crippen molar-refractivity contribution < 1.29 is 4.79 Å².